The molecule has 1 aliphatic carbocycles. The van der Waals surface area contributed by atoms with Crippen LogP contribution >= 0.6 is 0 Å². The SMILES string of the molecule is CCc1cccc(CC)c1NC(=O)C1CC1C(=O)Nc1cccc2cccnc12. The molecule has 2 atom stereocenters. The lowest BCUT2D eigenvalue weighted by molar-refractivity contribution is -0.122. The van der Waals surface area contributed by atoms with Crippen molar-refractivity contribution >= 4 is 34.1 Å². The Morgan fingerprint density at radius 3 is 2.21 bits per heavy atom. The summed E-state index contributed by atoms with van der Waals surface area (Å²) in [6.07, 6.45) is 3.99. The number of pyridine rings is 1. The van der Waals surface area contributed by atoms with Crippen molar-refractivity contribution in [2.45, 2.75) is 33.1 Å². The molecule has 2 amide bonds. The molecule has 2 unspecified atom stereocenters. The number of carbonyl (C=O) groups is 2. The third-order valence-electron chi connectivity index (χ3n) is 5.60. The van der Waals surface area contributed by atoms with Crippen LogP contribution in [0.25, 0.3) is 10.9 Å². The van der Waals surface area contributed by atoms with E-state index < -0.39 is 0 Å². The predicted octanol–water partition coefficient (Wildman–Crippen LogP) is 4.57. The number of para-hydroxylation sites is 2. The molecule has 3 aromatic rings. The molecular formula is C24H25N3O2. The van der Waals surface area contributed by atoms with Crippen LogP contribution in [0.15, 0.2) is 54.7 Å². The van der Waals surface area contributed by atoms with Crippen LogP contribution in [0.2, 0.25) is 0 Å². The molecule has 5 nitrogen and oxygen atoms in total. The third kappa shape index (κ3) is 3.86. The van der Waals surface area contributed by atoms with Crippen LogP contribution in [0.4, 0.5) is 11.4 Å². The fourth-order valence-corrected chi connectivity index (χ4v) is 3.82. The minimum absolute atomic E-state index is 0.0724. The number of fused-ring (bicyclic) bond motifs is 1. The van der Waals surface area contributed by atoms with Gasteiger partial charge >= 0.3 is 0 Å². The smallest absolute Gasteiger partial charge is 0.228 e. The molecule has 2 N–H and O–H groups in total. The standard InChI is InChI=1S/C24H25N3O2/c1-3-15-8-5-9-16(4-2)21(15)27-24(29)19-14-18(19)23(28)26-20-12-6-10-17-11-7-13-25-22(17)20/h5-13,18-19H,3-4,14H2,1-2H3,(H,26,28)(H,27,29). The minimum atomic E-state index is -0.298. The van der Waals surface area contributed by atoms with Gasteiger partial charge in [0.15, 0.2) is 0 Å². The molecule has 0 bridgehead atoms. The molecule has 2 aromatic carbocycles. The Morgan fingerprint density at radius 2 is 1.52 bits per heavy atom. The number of hydrogen-bond donors (Lipinski definition) is 2. The number of amides is 2. The van der Waals surface area contributed by atoms with Gasteiger partial charge in [-0.2, -0.15) is 0 Å². The highest BCUT2D eigenvalue weighted by atomic mass is 16.2. The number of aryl methyl sites for hydroxylation is 2. The van der Waals surface area contributed by atoms with Gasteiger partial charge in [-0.1, -0.05) is 50.2 Å². The quantitative estimate of drug-likeness (QED) is 0.651. The molecule has 1 heterocycles. The van der Waals surface area contributed by atoms with Gasteiger partial charge in [0.2, 0.25) is 11.8 Å². The largest absolute Gasteiger partial charge is 0.325 e. The Morgan fingerprint density at radius 1 is 0.897 bits per heavy atom. The highest BCUT2D eigenvalue weighted by molar-refractivity contribution is 6.06. The zero-order chi connectivity index (χ0) is 20.4. The molecule has 0 spiro atoms. The molecule has 5 heteroatoms. The van der Waals surface area contributed by atoms with Crippen molar-refractivity contribution in [3.63, 3.8) is 0 Å². The fraction of sp³-hybridized carbons (Fsp3) is 0.292. The summed E-state index contributed by atoms with van der Waals surface area (Å²) in [6, 6.07) is 15.6. The molecule has 1 aliphatic rings. The topological polar surface area (TPSA) is 71.1 Å². The van der Waals surface area contributed by atoms with Gasteiger partial charge in [-0.15, -0.1) is 0 Å². The van der Waals surface area contributed by atoms with E-state index in [2.05, 4.69) is 29.5 Å². The molecule has 0 saturated heterocycles. The van der Waals surface area contributed by atoms with Crippen molar-refractivity contribution in [3.05, 3.63) is 65.9 Å². The van der Waals surface area contributed by atoms with Crippen LogP contribution in [0.3, 0.4) is 0 Å². The number of benzene rings is 2. The van der Waals surface area contributed by atoms with Crippen LogP contribution < -0.4 is 10.6 Å². The van der Waals surface area contributed by atoms with Gasteiger partial charge in [-0.25, -0.2) is 0 Å². The number of nitrogens with zero attached hydrogens (tertiary/aromatic N) is 1. The maximum Gasteiger partial charge on any atom is 0.228 e. The maximum atomic E-state index is 12.8. The van der Waals surface area contributed by atoms with Gasteiger partial charge in [0.05, 0.1) is 23.0 Å². The second kappa shape index (κ2) is 8.03. The zero-order valence-electron chi connectivity index (χ0n) is 16.7. The van der Waals surface area contributed by atoms with Gasteiger partial charge in [0, 0.05) is 17.3 Å². The Hall–Kier alpha value is -3.21. The summed E-state index contributed by atoms with van der Waals surface area (Å²) < 4.78 is 0. The Kier molecular flexibility index (Phi) is 5.30. The molecule has 0 aliphatic heterocycles. The summed E-state index contributed by atoms with van der Waals surface area (Å²) in [5.74, 6) is -0.778. The van der Waals surface area contributed by atoms with Gasteiger partial charge in [0.25, 0.3) is 0 Å². The lowest BCUT2D eigenvalue weighted by Crippen LogP contribution is -2.21. The van der Waals surface area contributed by atoms with Gasteiger partial charge in [-0.05, 0) is 42.5 Å². The van der Waals surface area contributed by atoms with Gasteiger partial charge in [0.1, 0.15) is 0 Å². The molecule has 1 fully saturated rings. The van der Waals surface area contributed by atoms with Gasteiger partial charge < -0.3 is 10.6 Å². The van der Waals surface area contributed by atoms with Crippen molar-refractivity contribution in [2.24, 2.45) is 11.8 Å². The van der Waals surface area contributed by atoms with E-state index in [1.54, 1.807) is 6.20 Å². The van der Waals surface area contributed by atoms with E-state index in [0.717, 1.165) is 40.6 Å². The predicted molar refractivity (Wildman–Crippen MR) is 116 cm³/mol. The van der Waals surface area contributed by atoms with E-state index in [1.807, 2.05) is 48.5 Å². The molecule has 0 radical (unpaired) electrons. The van der Waals surface area contributed by atoms with Crippen LogP contribution in [0.1, 0.15) is 31.4 Å². The Labute approximate surface area is 170 Å². The van der Waals surface area contributed by atoms with Crippen molar-refractivity contribution < 1.29 is 9.59 Å². The Balaban J connectivity index is 1.45. The first kappa shape index (κ1) is 19.1. The maximum absolute atomic E-state index is 12.8. The highest BCUT2D eigenvalue weighted by Crippen LogP contribution is 2.41. The summed E-state index contributed by atoms with van der Waals surface area (Å²) in [6.45, 7) is 4.16. The summed E-state index contributed by atoms with van der Waals surface area (Å²) in [7, 11) is 0. The number of rotatable bonds is 6. The number of hydrogen-bond acceptors (Lipinski definition) is 3. The summed E-state index contributed by atoms with van der Waals surface area (Å²) in [4.78, 5) is 29.9. The average molecular weight is 387 g/mol. The summed E-state index contributed by atoms with van der Waals surface area (Å²) in [5, 5.41) is 7.02. The number of anilines is 2. The zero-order valence-corrected chi connectivity index (χ0v) is 16.7. The summed E-state index contributed by atoms with van der Waals surface area (Å²) >= 11 is 0. The van der Waals surface area contributed by atoms with E-state index in [4.69, 9.17) is 0 Å². The number of nitrogens with one attached hydrogen (secondary N) is 2. The van der Waals surface area contributed by atoms with E-state index in [0.29, 0.717) is 12.1 Å². The number of carbonyl (C=O) groups excluding carboxylic acids is 2. The molecule has 29 heavy (non-hydrogen) atoms. The van der Waals surface area contributed by atoms with E-state index in [9.17, 15) is 9.59 Å². The lowest BCUT2D eigenvalue weighted by Gasteiger charge is -2.14. The van der Waals surface area contributed by atoms with Gasteiger partial charge in [-0.3, -0.25) is 14.6 Å². The Bertz CT molecular complexity index is 1050. The van der Waals surface area contributed by atoms with Crippen LogP contribution in [0.5, 0.6) is 0 Å². The van der Waals surface area contributed by atoms with Crippen molar-refractivity contribution in [1.82, 2.24) is 4.98 Å². The average Bonchev–Trinajstić information content (AvgIpc) is 3.55. The van der Waals surface area contributed by atoms with Crippen molar-refractivity contribution in [1.29, 1.82) is 0 Å². The van der Waals surface area contributed by atoms with Crippen molar-refractivity contribution in [3.8, 4) is 0 Å². The summed E-state index contributed by atoms with van der Waals surface area (Å²) in [5.41, 5.74) is 4.60. The third-order valence-corrected chi connectivity index (χ3v) is 5.60. The van der Waals surface area contributed by atoms with Crippen LogP contribution in [-0.2, 0) is 22.4 Å². The normalized spacial score (nSPS) is 17.7. The first-order valence-electron chi connectivity index (χ1n) is 10.2. The second-order valence-electron chi connectivity index (χ2n) is 7.47. The van der Waals surface area contributed by atoms with Crippen LogP contribution in [0, 0.1) is 11.8 Å². The monoisotopic (exact) mass is 387 g/mol. The van der Waals surface area contributed by atoms with E-state index >= 15 is 0 Å². The first-order chi connectivity index (χ1) is 14.1. The minimum Gasteiger partial charge on any atom is -0.325 e. The molecule has 1 saturated carbocycles. The number of aromatic nitrogens is 1. The fourth-order valence-electron chi connectivity index (χ4n) is 3.82. The lowest BCUT2D eigenvalue weighted by atomic mass is 10.0. The molecular weight excluding hydrogens is 362 g/mol. The van der Waals surface area contributed by atoms with E-state index in [-0.39, 0.29) is 23.7 Å². The first-order valence-corrected chi connectivity index (χ1v) is 10.2. The second-order valence-corrected chi connectivity index (χ2v) is 7.47. The molecule has 4 rings (SSSR count). The van der Waals surface area contributed by atoms with Crippen molar-refractivity contribution in [2.75, 3.05) is 10.6 Å². The highest BCUT2D eigenvalue weighted by Gasteiger charge is 2.48. The van der Waals surface area contributed by atoms with E-state index in [1.165, 1.54) is 0 Å². The van der Waals surface area contributed by atoms with Crippen LogP contribution in [-0.4, -0.2) is 16.8 Å². The molecule has 148 valence electrons. The molecule has 1 aromatic heterocycles.